The van der Waals surface area contributed by atoms with Crippen molar-refractivity contribution in [3.63, 3.8) is 0 Å². The molecule has 3 aromatic rings. The molecule has 0 saturated carbocycles. The Morgan fingerprint density at radius 2 is 1.65 bits per heavy atom. The lowest BCUT2D eigenvalue weighted by atomic mass is 9.87. The van der Waals surface area contributed by atoms with Crippen molar-refractivity contribution in [3.05, 3.63) is 47.8 Å². The monoisotopic (exact) mass is 460 g/mol. The number of aryl methyl sites for hydroxylation is 1. The molecule has 0 radical (unpaired) electrons. The highest BCUT2D eigenvalue weighted by atomic mass is 16.5. The number of fused-ring (bicyclic) bond motifs is 3. The second-order valence-corrected chi connectivity index (χ2v) is 10.5. The molecule has 2 unspecified atom stereocenters. The van der Waals surface area contributed by atoms with Crippen molar-refractivity contribution in [1.29, 1.82) is 0 Å². The highest BCUT2D eigenvalue weighted by molar-refractivity contribution is 5.67. The molecule has 3 saturated heterocycles. The van der Waals surface area contributed by atoms with Crippen LogP contribution in [0.4, 0.5) is 0 Å². The van der Waals surface area contributed by atoms with Gasteiger partial charge in [-0.05, 0) is 93.8 Å². The first-order valence-corrected chi connectivity index (χ1v) is 12.8. The summed E-state index contributed by atoms with van der Waals surface area (Å²) in [5.74, 6) is 2.09. The van der Waals surface area contributed by atoms with E-state index in [4.69, 9.17) is 14.5 Å². The first-order valence-electron chi connectivity index (χ1n) is 12.8. The lowest BCUT2D eigenvalue weighted by Crippen LogP contribution is -2.50. The van der Waals surface area contributed by atoms with Gasteiger partial charge in [0.15, 0.2) is 11.5 Å². The SMILES string of the molecule is COc1ccc(-c2cn3cc(C4CCN(C5CC6CCC(C5)N6)CC4)cc(C)c3n2)cc1OC. The maximum Gasteiger partial charge on any atom is 0.161 e. The topological polar surface area (TPSA) is 51.0 Å². The summed E-state index contributed by atoms with van der Waals surface area (Å²) < 4.78 is 13.1. The number of piperidine rings is 2. The first-order chi connectivity index (χ1) is 16.6. The van der Waals surface area contributed by atoms with Gasteiger partial charge in [-0.2, -0.15) is 0 Å². The quantitative estimate of drug-likeness (QED) is 0.593. The zero-order valence-electron chi connectivity index (χ0n) is 20.6. The van der Waals surface area contributed by atoms with E-state index in [1.54, 1.807) is 14.2 Å². The van der Waals surface area contributed by atoms with Crippen LogP contribution in [0.2, 0.25) is 0 Å². The smallest absolute Gasteiger partial charge is 0.161 e. The third-order valence-corrected chi connectivity index (χ3v) is 8.40. The number of nitrogens with zero attached hydrogens (tertiary/aromatic N) is 3. The molecule has 0 aliphatic carbocycles. The zero-order valence-corrected chi connectivity index (χ0v) is 20.6. The summed E-state index contributed by atoms with van der Waals surface area (Å²) in [4.78, 5) is 7.74. The summed E-state index contributed by atoms with van der Waals surface area (Å²) in [6, 6.07) is 10.7. The fraction of sp³-hybridized carbons (Fsp3) is 0.536. The van der Waals surface area contributed by atoms with E-state index in [0.717, 1.165) is 46.5 Å². The average molecular weight is 461 g/mol. The molecule has 6 heteroatoms. The lowest BCUT2D eigenvalue weighted by Gasteiger charge is -2.41. The standard InChI is InChI=1S/C28H36N4O2/c1-18-12-21(19-8-10-31(11-9-19)24-14-22-5-6-23(15-24)29-22)16-32-17-25(30-28(18)32)20-4-7-26(33-2)27(13-20)34-3/h4,7,12-13,16-17,19,22-24,29H,5-6,8-11,14-15H2,1-3H3. The number of likely N-dealkylation sites (tertiary alicyclic amines) is 1. The van der Waals surface area contributed by atoms with Crippen molar-refractivity contribution in [2.24, 2.45) is 0 Å². The summed E-state index contributed by atoms with van der Waals surface area (Å²) in [5, 5.41) is 3.79. The number of methoxy groups -OCH3 is 2. The van der Waals surface area contributed by atoms with E-state index >= 15 is 0 Å². The van der Waals surface area contributed by atoms with Gasteiger partial charge in [0.25, 0.3) is 0 Å². The number of pyridine rings is 1. The Hall–Kier alpha value is -2.57. The van der Waals surface area contributed by atoms with Gasteiger partial charge in [0.1, 0.15) is 5.65 Å². The molecule has 5 heterocycles. The predicted octanol–water partition coefficient (Wildman–Crippen LogP) is 4.79. The summed E-state index contributed by atoms with van der Waals surface area (Å²) in [5.41, 5.74) is 5.70. The van der Waals surface area contributed by atoms with Gasteiger partial charge in [0.05, 0.1) is 19.9 Å². The molecule has 34 heavy (non-hydrogen) atoms. The van der Waals surface area contributed by atoms with Crippen molar-refractivity contribution >= 4 is 5.65 Å². The number of aromatic nitrogens is 2. The molecular weight excluding hydrogens is 424 g/mol. The molecule has 180 valence electrons. The molecule has 1 aromatic carbocycles. The van der Waals surface area contributed by atoms with Gasteiger partial charge in [-0.3, -0.25) is 0 Å². The fourth-order valence-electron chi connectivity index (χ4n) is 6.58. The summed E-state index contributed by atoms with van der Waals surface area (Å²) in [6.45, 7) is 4.64. The molecular formula is C28H36N4O2. The number of rotatable bonds is 5. The Bertz CT molecular complexity index is 1170. The summed E-state index contributed by atoms with van der Waals surface area (Å²) in [6.07, 6.45) is 12.4. The minimum atomic E-state index is 0.629. The number of hydrogen-bond acceptors (Lipinski definition) is 5. The third-order valence-electron chi connectivity index (χ3n) is 8.40. The molecule has 6 nitrogen and oxygen atoms in total. The first kappa shape index (κ1) is 21.9. The Kier molecular flexibility index (Phi) is 5.74. The molecule has 2 bridgehead atoms. The number of benzene rings is 1. The van der Waals surface area contributed by atoms with Gasteiger partial charge < -0.3 is 24.1 Å². The van der Waals surface area contributed by atoms with Crippen LogP contribution >= 0.6 is 0 Å². The van der Waals surface area contributed by atoms with E-state index in [-0.39, 0.29) is 0 Å². The average Bonchev–Trinajstić information content (AvgIpc) is 3.46. The van der Waals surface area contributed by atoms with Crippen LogP contribution < -0.4 is 14.8 Å². The van der Waals surface area contributed by atoms with Gasteiger partial charge in [0, 0.05) is 36.1 Å². The van der Waals surface area contributed by atoms with E-state index < -0.39 is 0 Å². The summed E-state index contributed by atoms with van der Waals surface area (Å²) in [7, 11) is 3.33. The van der Waals surface area contributed by atoms with Crippen LogP contribution in [-0.2, 0) is 0 Å². The van der Waals surface area contributed by atoms with Crippen LogP contribution in [0.5, 0.6) is 11.5 Å². The van der Waals surface area contributed by atoms with Crippen molar-refractivity contribution in [2.45, 2.75) is 69.5 Å². The van der Waals surface area contributed by atoms with E-state index in [2.05, 4.69) is 40.0 Å². The van der Waals surface area contributed by atoms with Gasteiger partial charge in [-0.1, -0.05) is 6.07 Å². The molecule has 2 atom stereocenters. The zero-order chi connectivity index (χ0) is 23.2. The Morgan fingerprint density at radius 1 is 0.912 bits per heavy atom. The Balaban J connectivity index is 1.20. The van der Waals surface area contributed by atoms with Crippen LogP contribution in [-0.4, -0.2) is 59.7 Å². The molecule has 3 aliphatic rings. The van der Waals surface area contributed by atoms with E-state index in [0.29, 0.717) is 5.92 Å². The van der Waals surface area contributed by atoms with Gasteiger partial charge in [-0.15, -0.1) is 0 Å². The van der Waals surface area contributed by atoms with Crippen molar-refractivity contribution < 1.29 is 9.47 Å². The Labute approximate surface area is 202 Å². The molecule has 6 rings (SSSR count). The van der Waals surface area contributed by atoms with Gasteiger partial charge >= 0.3 is 0 Å². The van der Waals surface area contributed by atoms with Gasteiger partial charge in [0.2, 0.25) is 0 Å². The minimum Gasteiger partial charge on any atom is -0.493 e. The molecule has 0 amide bonds. The maximum absolute atomic E-state index is 5.50. The molecule has 1 N–H and O–H groups in total. The molecule has 2 aromatic heterocycles. The lowest BCUT2D eigenvalue weighted by molar-refractivity contribution is 0.111. The maximum atomic E-state index is 5.50. The van der Waals surface area contributed by atoms with Crippen LogP contribution in [0.1, 0.15) is 55.6 Å². The number of nitrogens with one attached hydrogen (secondary N) is 1. The van der Waals surface area contributed by atoms with Gasteiger partial charge in [-0.25, -0.2) is 4.98 Å². The minimum absolute atomic E-state index is 0.629. The normalized spacial score (nSPS) is 25.7. The second kappa shape index (κ2) is 8.90. The van der Waals surface area contributed by atoms with Crippen molar-refractivity contribution in [3.8, 4) is 22.8 Å². The molecule has 3 fully saturated rings. The van der Waals surface area contributed by atoms with Crippen LogP contribution in [0.25, 0.3) is 16.9 Å². The number of hydrogen-bond donors (Lipinski definition) is 1. The predicted molar refractivity (Wildman–Crippen MR) is 135 cm³/mol. The summed E-state index contributed by atoms with van der Waals surface area (Å²) >= 11 is 0. The molecule has 0 spiro atoms. The highest BCUT2D eigenvalue weighted by Crippen LogP contribution is 2.36. The second-order valence-electron chi connectivity index (χ2n) is 10.5. The van der Waals surface area contributed by atoms with Crippen molar-refractivity contribution in [2.75, 3.05) is 27.3 Å². The largest absolute Gasteiger partial charge is 0.493 e. The van der Waals surface area contributed by atoms with Crippen LogP contribution in [0.3, 0.4) is 0 Å². The van der Waals surface area contributed by atoms with Crippen LogP contribution in [0.15, 0.2) is 36.7 Å². The molecule has 3 aliphatic heterocycles. The third kappa shape index (κ3) is 3.97. The van der Waals surface area contributed by atoms with E-state index in [1.165, 1.54) is 62.7 Å². The number of ether oxygens (including phenoxy) is 2. The van der Waals surface area contributed by atoms with E-state index in [1.807, 2.05) is 18.2 Å². The van der Waals surface area contributed by atoms with Crippen LogP contribution in [0, 0.1) is 6.92 Å². The Morgan fingerprint density at radius 3 is 2.35 bits per heavy atom. The fourth-order valence-corrected chi connectivity index (χ4v) is 6.58. The van der Waals surface area contributed by atoms with E-state index in [9.17, 15) is 0 Å². The van der Waals surface area contributed by atoms with Crippen molar-refractivity contribution in [1.82, 2.24) is 19.6 Å². The highest BCUT2D eigenvalue weighted by Gasteiger charge is 2.37. The number of imidazole rings is 1.